The van der Waals surface area contributed by atoms with Gasteiger partial charge in [0.25, 0.3) is 0 Å². The molecule has 3 aliphatic carbocycles. The van der Waals surface area contributed by atoms with Crippen LogP contribution in [-0.4, -0.2) is 21.8 Å². The van der Waals surface area contributed by atoms with Gasteiger partial charge in [-0.25, -0.2) is 0 Å². The summed E-state index contributed by atoms with van der Waals surface area (Å²) in [4.78, 5) is 12.5. The van der Waals surface area contributed by atoms with Gasteiger partial charge < -0.3 is 5.11 Å². The molecule has 3 fully saturated rings. The van der Waals surface area contributed by atoms with Crippen molar-refractivity contribution in [2.75, 3.05) is 5.33 Å². The highest BCUT2D eigenvalue weighted by atomic mass is 79.9. The number of carbonyl (C=O) groups excluding carboxylic acids is 1. The van der Waals surface area contributed by atoms with Crippen LogP contribution in [0.15, 0.2) is 0 Å². The van der Waals surface area contributed by atoms with E-state index in [1.54, 1.807) is 0 Å². The van der Waals surface area contributed by atoms with Crippen molar-refractivity contribution in [3.8, 4) is 0 Å². The second-order valence-electron chi connectivity index (χ2n) is 10.3. The second-order valence-corrected chi connectivity index (χ2v) is 10.9. The number of aliphatic hydroxyl groups is 1. The fourth-order valence-corrected chi connectivity index (χ4v) is 7.52. The third-order valence-corrected chi connectivity index (χ3v) is 9.58. The van der Waals surface area contributed by atoms with Crippen LogP contribution in [0.25, 0.3) is 0 Å². The van der Waals surface area contributed by atoms with Gasteiger partial charge in [-0.2, -0.15) is 0 Å². The molecule has 0 bridgehead atoms. The molecule has 0 heterocycles. The van der Waals surface area contributed by atoms with Gasteiger partial charge in [0.15, 0.2) is 0 Å². The van der Waals surface area contributed by atoms with Gasteiger partial charge in [-0.1, -0.05) is 43.1 Å². The molecule has 26 heavy (non-hydrogen) atoms. The maximum absolute atomic E-state index is 12.5. The van der Waals surface area contributed by atoms with E-state index in [1.807, 2.05) is 6.92 Å². The van der Waals surface area contributed by atoms with Crippen molar-refractivity contribution in [2.24, 2.45) is 40.9 Å². The summed E-state index contributed by atoms with van der Waals surface area (Å²) in [5, 5.41) is 11.0. The first-order valence-electron chi connectivity index (χ1n) is 11.0. The van der Waals surface area contributed by atoms with E-state index >= 15 is 0 Å². The Labute approximate surface area is 169 Å². The molecular weight excluding hydrogens is 388 g/mol. The molecule has 0 aromatic rings. The fourth-order valence-electron chi connectivity index (χ4n) is 7.13. The van der Waals surface area contributed by atoms with Crippen LogP contribution in [-0.2, 0) is 4.79 Å². The van der Waals surface area contributed by atoms with E-state index in [2.05, 4.69) is 36.7 Å². The SMILES string of the molecule is CCC(C)(O)CC[C@@H]1[C@H]2CC[C@]3(C)[C@@H](C(=O)CBr)CC[C@H]3[C@@H]2CC[C@@H]1C. The Morgan fingerprint density at radius 2 is 1.92 bits per heavy atom. The van der Waals surface area contributed by atoms with E-state index in [-0.39, 0.29) is 11.3 Å². The normalized spacial score (nSPS) is 44.8. The topological polar surface area (TPSA) is 37.3 Å². The van der Waals surface area contributed by atoms with Crippen LogP contribution < -0.4 is 0 Å². The third-order valence-electron chi connectivity index (χ3n) is 9.03. The summed E-state index contributed by atoms with van der Waals surface area (Å²) in [6, 6.07) is 0. The smallest absolute Gasteiger partial charge is 0.147 e. The Morgan fingerprint density at radius 1 is 1.19 bits per heavy atom. The molecule has 0 saturated heterocycles. The van der Waals surface area contributed by atoms with E-state index in [0.29, 0.717) is 11.1 Å². The van der Waals surface area contributed by atoms with Gasteiger partial charge in [-0.3, -0.25) is 4.79 Å². The number of rotatable bonds is 6. The van der Waals surface area contributed by atoms with Crippen molar-refractivity contribution in [1.82, 2.24) is 0 Å². The molecule has 150 valence electrons. The highest BCUT2D eigenvalue weighted by Gasteiger charge is 2.57. The summed E-state index contributed by atoms with van der Waals surface area (Å²) < 4.78 is 0. The molecular formula is C23H39BrO2. The first-order chi connectivity index (χ1) is 12.2. The minimum atomic E-state index is -0.503. The Hall–Kier alpha value is 0.110. The number of hydrogen-bond acceptors (Lipinski definition) is 2. The molecule has 3 aliphatic rings. The van der Waals surface area contributed by atoms with E-state index in [1.165, 1.54) is 38.5 Å². The van der Waals surface area contributed by atoms with Gasteiger partial charge in [-0.15, -0.1) is 0 Å². The minimum Gasteiger partial charge on any atom is -0.390 e. The van der Waals surface area contributed by atoms with Crippen molar-refractivity contribution < 1.29 is 9.90 Å². The van der Waals surface area contributed by atoms with Crippen LogP contribution >= 0.6 is 15.9 Å². The zero-order valence-corrected chi connectivity index (χ0v) is 18.9. The maximum Gasteiger partial charge on any atom is 0.147 e. The van der Waals surface area contributed by atoms with E-state index in [0.717, 1.165) is 48.9 Å². The summed E-state index contributed by atoms with van der Waals surface area (Å²) in [6.07, 6.45) is 10.6. The van der Waals surface area contributed by atoms with Crippen molar-refractivity contribution >= 4 is 21.7 Å². The molecule has 0 spiro atoms. The first kappa shape index (κ1) is 20.8. The number of ketones is 1. The second kappa shape index (κ2) is 7.85. The molecule has 2 nitrogen and oxygen atoms in total. The quantitative estimate of drug-likeness (QED) is 0.528. The van der Waals surface area contributed by atoms with Crippen molar-refractivity contribution in [2.45, 2.75) is 91.1 Å². The molecule has 0 radical (unpaired) electrons. The Kier molecular flexibility index (Phi) is 6.29. The third kappa shape index (κ3) is 3.69. The van der Waals surface area contributed by atoms with Crippen LogP contribution in [0.4, 0.5) is 0 Å². The molecule has 1 N–H and O–H groups in total. The standard InChI is InChI=1S/C23H39BrO2/c1-5-22(3,26)12-10-16-15(2)6-7-18-17(16)11-13-23(4)19(18)8-9-20(23)21(25)14-24/h15-20,26H,5-14H2,1-4H3/t15-,16-,17+,18+,19-,20+,22?,23-/m0/s1. The summed E-state index contributed by atoms with van der Waals surface area (Å²) in [6.45, 7) is 8.98. The fraction of sp³-hybridized carbons (Fsp3) is 0.957. The lowest BCUT2D eigenvalue weighted by Gasteiger charge is -2.54. The van der Waals surface area contributed by atoms with Crippen LogP contribution in [0.1, 0.15) is 85.5 Å². The molecule has 0 amide bonds. The number of hydrogen-bond donors (Lipinski definition) is 1. The summed E-state index contributed by atoms with van der Waals surface area (Å²) in [5.41, 5.74) is -0.261. The first-order valence-corrected chi connectivity index (χ1v) is 12.2. The van der Waals surface area contributed by atoms with Gasteiger partial charge in [-0.05, 0) is 93.3 Å². The molecule has 8 atom stereocenters. The maximum atomic E-state index is 12.5. The molecule has 0 aliphatic heterocycles. The molecule has 1 unspecified atom stereocenters. The Balaban J connectivity index is 1.75. The van der Waals surface area contributed by atoms with Gasteiger partial charge >= 0.3 is 0 Å². The predicted octanol–water partition coefficient (Wildman–Crippen LogP) is 6.00. The summed E-state index contributed by atoms with van der Waals surface area (Å²) >= 11 is 3.42. The average molecular weight is 427 g/mol. The van der Waals surface area contributed by atoms with Crippen LogP contribution in [0.3, 0.4) is 0 Å². The van der Waals surface area contributed by atoms with Gasteiger partial charge in [0.2, 0.25) is 0 Å². The van der Waals surface area contributed by atoms with Gasteiger partial charge in [0.05, 0.1) is 10.9 Å². The lowest BCUT2D eigenvalue weighted by Crippen LogP contribution is -2.48. The van der Waals surface area contributed by atoms with Crippen LogP contribution in [0, 0.1) is 40.9 Å². The number of halogens is 1. The van der Waals surface area contributed by atoms with E-state index in [9.17, 15) is 9.90 Å². The lowest BCUT2D eigenvalue weighted by molar-refractivity contribution is -0.127. The number of fused-ring (bicyclic) bond motifs is 3. The van der Waals surface area contributed by atoms with Gasteiger partial charge in [0.1, 0.15) is 5.78 Å². The highest BCUT2D eigenvalue weighted by molar-refractivity contribution is 9.09. The Bertz CT molecular complexity index is 516. The molecule has 0 aromatic carbocycles. The van der Waals surface area contributed by atoms with Gasteiger partial charge in [0, 0.05) is 5.92 Å². The largest absolute Gasteiger partial charge is 0.390 e. The number of carbonyl (C=O) groups is 1. The van der Waals surface area contributed by atoms with Crippen molar-refractivity contribution in [3.63, 3.8) is 0 Å². The van der Waals surface area contributed by atoms with Crippen LogP contribution in [0.2, 0.25) is 0 Å². The van der Waals surface area contributed by atoms with Crippen molar-refractivity contribution in [1.29, 1.82) is 0 Å². The van der Waals surface area contributed by atoms with Crippen LogP contribution in [0.5, 0.6) is 0 Å². The van der Waals surface area contributed by atoms with E-state index in [4.69, 9.17) is 0 Å². The molecule has 3 rings (SSSR count). The Morgan fingerprint density at radius 3 is 2.58 bits per heavy atom. The number of alkyl halides is 1. The summed E-state index contributed by atoms with van der Waals surface area (Å²) in [5.74, 6) is 4.66. The van der Waals surface area contributed by atoms with E-state index < -0.39 is 5.60 Å². The monoisotopic (exact) mass is 426 g/mol. The average Bonchev–Trinajstić information content (AvgIpc) is 2.97. The number of Topliss-reactive ketones (excluding diaryl/α,β-unsaturated/α-hetero) is 1. The zero-order valence-electron chi connectivity index (χ0n) is 17.3. The minimum absolute atomic E-state index is 0.242. The van der Waals surface area contributed by atoms with Crippen molar-refractivity contribution in [3.05, 3.63) is 0 Å². The molecule has 3 heteroatoms. The highest BCUT2D eigenvalue weighted by Crippen LogP contribution is 2.63. The molecule has 3 saturated carbocycles. The zero-order chi connectivity index (χ0) is 19.1. The molecule has 0 aromatic heterocycles. The summed E-state index contributed by atoms with van der Waals surface area (Å²) in [7, 11) is 0. The predicted molar refractivity (Wildman–Crippen MR) is 111 cm³/mol. The lowest BCUT2D eigenvalue weighted by atomic mass is 9.50.